The van der Waals surface area contributed by atoms with Gasteiger partial charge in [0.1, 0.15) is 16.9 Å². The molecule has 0 fully saturated rings. The molecule has 1 amide bonds. The number of aliphatic hydroxyl groups excluding tert-OH is 1. The molecular weight excluding hydrogens is 581 g/mol. The Labute approximate surface area is 246 Å². The molecule has 2 aromatic carbocycles. The number of nitrogens with zero attached hydrogens (tertiary/aromatic N) is 1. The number of aliphatic hydroxyl groups is 1. The van der Waals surface area contributed by atoms with Gasteiger partial charge < -0.3 is 30.2 Å². The molecule has 214 valence electrons. The number of hydrogen-bond donors (Lipinski definition) is 4. The molecule has 1 heterocycles. The van der Waals surface area contributed by atoms with Crippen LogP contribution in [0.5, 0.6) is 5.75 Å². The zero-order valence-corrected chi connectivity index (χ0v) is 25.4. The fourth-order valence-electron chi connectivity index (χ4n) is 3.84. The molecule has 0 saturated heterocycles. The number of benzene rings is 2. The van der Waals surface area contributed by atoms with Crippen LogP contribution in [0.15, 0.2) is 35.1 Å². The third kappa shape index (κ3) is 9.58. The Kier molecular flexibility index (Phi) is 11.8. The number of thioether (sulfide) groups is 1. The van der Waals surface area contributed by atoms with Crippen LogP contribution in [-0.4, -0.2) is 69.5 Å². The van der Waals surface area contributed by atoms with Crippen molar-refractivity contribution in [3.8, 4) is 5.75 Å². The van der Waals surface area contributed by atoms with Gasteiger partial charge in [-0.2, -0.15) is 11.8 Å². The number of aromatic amines is 1. The SMILES string of the molecule is CC(C)(C)OC(=O)N(CCSCCCNC[C@H](O)c1ccc(O)c2[nH]c(=O)sc12)CCc1cccc(Cl)c1Cl. The molecule has 0 aliphatic carbocycles. The first-order chi connectivity index (χ1) is 18.5. The van der Waals surface area contributed by atoms with Crippen molar-refractivity contribution in [1.82, 2.24) is 15.2 Å². The van der Waals surface area contributed by atoms with E-state index in [-0.39, 0.29) is 16.7 Å². The molecule has 4 N–H and O–H groups in total. The van der Waals surface area contributed by atoms with E-state index in [1.165, 1.54) is 6.07 Å². The second kappa shape index (κ2) is 14.6. The van der Waals surface area contributed by atoms with E-state index in [1.807, 2.05) is 32.9 Å². The number of halogens is 2. The molecule has 0 radical (unpaired) electrons. The molecule has 3 rings (SSSR count). The lowest BCUT2D eigenvalue weighted by molar-refractivity contribution is 0.0264. The minimum absolute atomic E-state index is 0.0113. The Morgan fingerprint density at radius 1 is 1.21 bits per heavy atom. The highest BCUT2D eigenvalue weighted by Crippen LogP contribution is 2.31. The quantitative estimate of drug-likeness (QED) is 0.179. The van der Waals surface area contributed by atoms with E-state index in [9.17, 15) is 19.8 Å². The van der Waals surface area contributed by atoms with Crippen LogP contribution in [0.25, 0.3) is 10.2 Å². The van der Waals surface area contributed by atoms with Crippen molar-refractivity contribution in [2.45, 2.75) is 45.3 Å². The number of H-pyrrole nitrogens is 1. The predicted molar refractivity (Wildman–Crippen MR) is 162 cm³/mol. The molecule has 0 bridgehead atoms. The van der Waals surface area contributed by atoms with Gasteiger partial charge in [0.25, 0.3) is 0 Å². The van der Waals surface area contributed by atoms with Gasteiger partial charge >= 0.3 is 11.0 Å². The van der Waals surface area contributed by atoms with Crippen molar-refractivity contribution in [1.29, 1.82) is 0 Å². The van der Waals surface area contributed by atoms with Gasteiger partial charge in [-0.3, -0.25) is 4.79 Å². The fourth-order valence-corrected chi connectivity index (χ4v) is 6.08. The number of fused-ring (bicyclic) bond motifs is 1. The summed E-state index contributed by atoms with van der Waals surface area (Å²) in [5.41, 5.74) is 1.26. The van der Waals surface area contributed by atoms with E-state index in [0.717, 1.165) is 34.8 Å². The van der Waals surface area contributed by atoms with Crippen molar-refractivity contribution in [3.63, 3.8) is 0 Å². The molecule has 0 aliphatic heterocycles. The normalized spacial score (nSPS) is 12.6. The minimum atomic E-state index is -0.803. The fraction of sp³-hybridized carbons (Fsp3) is 0.481. The van der Waals surface area contributed by atoms with Gasteiger partial charge in [0, 0.05) is 31.0 Å². The molecule has 0 saturated carbocycles. The number of ether oxygens (including phenoxy) is 1. The monoisotopic (exact) mass is 615 g/mol. The van der Waals surface area contributed by atoms with Crippen LogP contribution in [0.3, 0.4) is 0 Å². The second-order valence-electron chi connectivity index (χ2n) is 10.0. The predicted octanol–water partition coefficient (Wildman–Crippen LogP) is 5.83. The molecule has 0 spiro atoms. The van der Waals surface area contributed by atoms with Crippen LogP contribution in [0, 0.1) is 0 Å². The van der Waals surface area contributed by atoms with Crippen molar-refractivity contribution < 1.29 is 19.7 Å². The topological polar surface area (TPSA) is 115 Å². The highest BCUT2D eigenvalue weighted by molar-refractivity contribution is 7.99. The Balaban J connectivity index is 1.41. The average molecular weight is 617 g/mol. The number of rotatable bonds is 13. The van der Waals surface area contributed by atoms with Gasteiger partial charge in [0.15, 0.2) is 0 Å². The van der Waals surface area contributed by atoms with Gasteiger partial charge in [-0.15, -0.1) is 0 Å². The van der Waals surface area contributed by atoms with Crippen molar-refractivity contribution in [2.75, 3.05) is 37.7 Å². The summed E-state index contributed by atoms with van der Waals surface area (Å²) in [7, 11) is 0. The second-order valence-corrected chi connectivity index (χ2v) is 13.0. The number of aromatic hydroxyl groups is 1. The van der Waals surface area contributed by atoms with Crippen LogP contribution in [-0.2, 0) is 11.2 Å². The Bertz CT molecular complexity index is 1310. The van der Waals surface area contributed by atoms with Crippen LogP contribution in [0.2, 0.25) is 10.0 Å². The number of nitrogens with one attached hydrogen (secondary N) is 2. The minimum Gasteiger partial charge on any atom is -0.506 e. The van der Waals surface area contributed by atoms with E-state index >= 15 is 0 Å². The molecule has 0 aliphatic rings. The van der Waals surface area contributed by atoms with Crippen molar-refractivity contribution in [2.24, 2.45) is 0 Å². The third-order valence-corrected chi connectivity index (χ3v) is 8.60. The first-order valence-electron chi connectivity index (χ1n) is 12.7. The summed E-state index contributed by atoms with van der Waals surface area (Å²) in [5.74, 6) is 1.62. The lowest BCUT2D eigenvalue weighted by Crippen LogP contribution is -2.39. The molecule has 1 atom stereocenters. The Morgan fingerprint density at radius 2 is 1.97 bits per heavy atom. The Hall–Kier alpha value is -1.95. The standard InChI is InChI=1S/C27H35Cl2N3O5S2/c1-27(2,3)37-26(36)32(12-10-17-6-4-7-19(28)22(17)29)13-15-38-14-5-11-30-16-21(34)18-8-9-20(33)23-24(18)39-25(35)31-23/h4,6-9,21,30,33-34H,5,10-16H2,1-3H3,(H,31,35)/t21-/m0/s1. The van der Waals surface area contributed by atoms with Crippen LogP contribution < -0.4 is 10.2 Å². The zero-order valence-electron chi connectivity index (χ0n) is 22.3. The molecule has 39 heavy (non-hydrogen) atoms. The van der Waals surface area contributed by atoms with E-state index < -0.39 is 11.7 Å². The number of phenols is 1. The lowest BCUT2D eigenvalue weighted by Gasteiger charge is -2.27. The van der Waals surface area contributed by atoms with E-state index in [1.54, 1.807) is 28.8 Å². The first kappa shape index (κ1) is 31.6. The van der Waals surface area contributed by atoms with Gasteiger partial charge in [-0.05, 0) is 63.6 Å². The third-order valence-electron chi connectivity index (χ3n) is 5.77. The number of phenolic OH excluding ortho intramolecular Hbond substituents is 1. The summed E-state index contributed by atoms with van der Waals surface area (Å²) in [6.45, 7) is 7.59. The summed E-state index contributed by atoms with van der Waals surface area (Å²) < 4.78 is 6.17. The molecule has 8 nitrogen and oxygen atoms in total. The largest absolute Gasteiger partial charge is 0.506 e. The van der Waals surface area contributed by atoms with E-state index in [0.29, 0.717) is 58.4 Å². The molecule has 3 aromatic rings. The first-order valence-corrected chi connectivity index (χ1v) is 15.4. The molecular formula is C27H35Cl2N3O5S2. The number of aromatic nitrogens is 1. The maximum absolute atomic E-state index is 12.8. The van der Waals surface area contributed by atoms with E-state index in [2.05, 4.69) is 10.3 Å². The summed E-state index contributed by atoms with van der Waals surface area (Å²) in [4.78, 5) is 28.5. The Morgan fingerprint density at radius 3 is 2.72 bits per heavy atom. The van der Waals surface area contributed by atoms with Gasteiger partial charge in [-0.25, -0.2) is 4.79 Å². The molecule has 0 unspecified atom stereocenters. The van der Waals surface area contributed by atoms with Crippen LogP contribution in [0.1, 0.15) is 44.4 Å². The maximum Gasteiger partial charge on any atom is 0.410 e. The van der Waals surface area contributed by atoms with Crippen molar-refractivity contribution >= 4 is 62.6 Å². The number of thiazole rings is 1. The number of amides is 1. The van der Waals surface area contributed by atoms with Gasteiger partial charge in [0.05, 0.1) is 20.8 Å². The van der Waals surface area contributed by atoms with Gasteiger partial charge in [-0.1, -0.05) is 52.7 Å². The summed E-state index contributed by atoms with van der Waals surface area (Å²) in [6, 6.07) is 8.61. The van der Waals surface area contributed by atoms with Crippen LogP contribution >= 0.6 is 46.3 Å². The lowest BCUT2D eigenvalue weighted by atomic mass is 10.1. The van der Waals surface area contributed by atoms with E-state index in [4.69, 9.17) is 27.9 Å². The summed E-state index contributed by atoms with van der Waals surface area (Å²) in [5, 5.41) is 24.8. The average Bonchev–Trinajstić information content (AvgIpc) is 3.26. The smallest absolute Gasteiger partial charge is 0.410 e. The maximum atomic E-state index is 12.8. The highest BCUT2D eigenvalue weighted by Gasteiger charge is 2.22. The number of carbonyl (C=O) groups excluding carboxylic acids is 1. The van der Waals surface area contributed by atoms with Gasteiger partial charge in [0.2, 0.25) is 0 Å². The van der Waals surface area contributed by atoms with Crippen LogP contribution in [0.4, 0.5) is 4.79 Å². The number of hydrogen-bond acceptors (Lipinski definition) is 8. The van der Waals surface area contributed by atoms with Crippen molar-refractivity contribution in [3.05, 3.63) is 61.2 Å². The highest BCUT2D eigenvalue weighted by atomic mass is 35.5. The summed E-state index contributed by atoms with van der Waals surface area (Å²) in [6.07, 6.45) is 0.294. The molecule has 12 heteroatoms. The summed E-state index contributed by atoms with van der Waals surface area (Å²) >= 11 is 15.2. The zero-order chi connectivity index (χ0) is 28.6. The number of carbonyl (C=O) groups is 1. The molecule has 1 aromatic heterocycles.